The molecule has 0 atom stereocenters. The molecule has 0 radical (unpaired) electrons. The van der Waals surface area contributed by atoms with Crippen molar-refractivity contribution in [1.82, 2.24) is 19.7 Å². The summed E-state index contributed by atoms with van der Waals surface area (Å²) >= 11 is 6.10. The molecule has 1 saturated heterocycles. The minimum Gasteiger partial charge on any atom is -0.342 e. The van der Waals surface area contributed by atoms with E-state index in [1.165, 1.54) is 6.33 Å². The Morgan fingerprint density at radius 2 is 1.88 bits per heavy atom. The molecule has 7 nitrogen and oxygen atoms in total. The van der Waals surface area contributed by atoms with Gasteiger partial charge in [0.15, 0.2) is 0 Å². The largest absolute Gasteiger partial charge is 0.342 e. The minimum atomic E-state index is -0.110. The smallest absolute Gasteiger partial charge is 0.227 e. The van der Waals surface area contributed by atoms with E-state index in [9.17, 15) is 9.59 Å². The van der Waals surface area contributed by atoms with Gasteiger partial charge in [-0.05, 0) is 43.9 Å². The van der Waals surface area contributed by atoms with Crippen LogP contribution in [0.4, 0.5) is 5.69 Å². The second-order valence-corrected chi connectivity index (χ2v) is 7.30. The predicted octanol–water partition coefficient (Wildman–Crippen LogP) is 2.51. The molecular weight excluding hydrogens is 354 g/mol. The van der Waals surface area contributed by atoms with Crippen LogP contribution in [-0.4, -0.2) is 44.6 Å². The summed E-state index contributed by atoms with van der Waals surface area (Å²) in [4.78, 5) is 30.7. The maximum Gasteiger partial charge on any atom is 0.227 e. The van der Waals surface area contributed by atoms with E-state index < -0.39 is 0 Å². The molecule has 2 aromatic rings. The van der Waals surface area contributed by atoms with E-state index in [1.54, 1.807) is 29.2 Å². The molecule has 0 bridgehead atoms. The van der Waals surface area contributed by atoms with E-state index >= 15 is 0 Å². The molecule has 136 valence electrons. The second-order valence-electron chi connectivity index (χ2n) is 6.86. The highest BCUT2D eigenvalue weighted by atomic mass is 35.5. The van der Waals surface area contributed by atoms with Crippen LogP contribution in [0.1, 0.15) is 25.7 Å². The third kappa shape index (κ3) is 3.58. The van der Waals surface area contributed by atoms with E-state index in [-0.39, 0.29) is 23.7 Å². The number of aromatic nitrogens is 3. The fraction of sp³-hybridized carbons (Fsp3) is 0.444. The lowest BCUT2D eigenvalue weighted by molar-refractivity contribution is -0.135. The van der Waals surface area contributed by atoms with Crippen molar-refractivity contribution in [2.75, 3.05) is 18.4 Å². The third-order valence-corrected chi connectivity index (χ3v) is 5.22. The van der Waals surface area contributed by atoms with Gasteiger partial charge >= 0.3 is 0 Å². The van der Waals surface area contributed by atoms with Gasteiger partial charge in [0.05, 0.1) is 11.4 Å². The summed E-state index contributed by atoms with van der Waals surface area (Å²) in [5, 5.41) is 7.62. The van der Waals surface area contributed by atoms with Gasteiger partial charge in [0, 0.05) is 29.9 Å². The number of nitrogens with zero attached hydrogens (tertiary/aromatic N) is 4. The fourth-order valence-corrected chi connectivity index (χ4v) is 3.50. The van der Waals surface area contributed by atoms with Gasteiger partial charge in [-0.1, -0.05) is 11.6 Å². The number of benzene rings is 1. The van der Waals surface area contributed by atoms with Gasteiger partial charge in [-0.15, -0.1) is 0 Å². The molecule has 0 spiro atoms. The van der Waals surface area contributed by atoms with Crippen molar-refractivity contribution in [2.45, 2.75) is 25.7 Å². The zero-order valence-electron chi connectivity index (χ0n) is 14.3. The molecule has 2 aliphatic rings. The molecule has 1 aromatic carbocycles. The van der Waals surface area contributed by atoms with Gasteiger partial charge < -0.3 is 10.2 Å². The molecule has 8 heteroatoms. The van der Waals surface area contributed by atoms with Crippen LogP contribution in [0.25, 0.3) is 5.69 Å². The highest BCUT2D eigenvalue weighted by molar-refractivity contribution is 6.31. The summed E-state index contributed by atoms with van der Waals surface area (Å²) in [7, 11) is 0. The number of piperidine rings is 1. The average molecular weight is 374 g/mol. The molecule has 1 aliphatic carbocycles. The zero-order valence-corrected chi connectivity index (χ0v) is 15.0. The van der Waals surface area contributed by atoms with Crippen molar-refractivity contribution in [3.63, 3.8) is 0 Å². The lowest BCUT2D eigenvalue weighted by atomic mass is 9.95. The quantitative estimate of drug-likeness (QED) is 0.892. The number of likely N-dealkylation sites (tertiary alicyclic amines) is 1. The Bertz CT molecular complexity index is 811. The van der Waals surface area contributed by atoms with E-state index in [0.29, 0.717) is 42.3 Å². The number of amides is 2. The number of halogens is 1. The van der Waals surface area contributed by atoms with Gasteiger partial charge in [-0.2, -0.15) is 5.10 Å². The number of anilines is 1. The Morgan fingerprint density at radius 1 is 1.12 bits per heavy atom. The molecule has 4 rings (SSSR count). The maximum absolute atomic E-state index is 12.7. The van der Waals surface area contributed by atoms with E-state index in [2.05, 4.69) is 15.4 Å². The first kappa shape index (κ1) is 17.0. The van der Waals surface area contributed by atoms with Gasteiger partial charge in [-0.25, -0.2) is 9.67 Å². The highest BCUT2D eigenvalue weighted by Gasteiger charge is 2.36. The Hall–Kier alpha value is -2.41. The van der Waals surface area contributed by atoms with Crippen LogP contribution in [-0.2, 0) is 9.59 Å². The van der Waals surface area contributed by atoms with E-state index in [4.69, 9.17) is 11.6 Å². The SMILES string of the molecule is O=C(Nc1cc(Cl)ccc1-n1cncn1)C1CCN(C(=O)C2CC2)CC1. The molecule has 2 fully saturated rings. The number of rotatable bonds is 4. The number of carbonyl (C=O) groups is 2. The summed E-state index contributed by atoms with van der Waals surface area (Å²) in [6.45, 7) is 1.30. The van der Waals surface area contributed by atoms with Crippen molar-refractivity contribution in [1.29, 1.82) is 0 Å². The summed E-state index contributed by atoms with van der Waals surface area (Å²) in [6.07, 6.45) is 6.40. The summed E-state index contributed by atoms with van der Waals surface area (Å²) in [6, 6.07) is 5.25. The number of nitrogens with one attached hydrogen (secondary N) is 1. The topological polar surface area (TPSA) is 80.1 Å². The van der Waals surface area contributed by atoms with Gasteiger partial charge in [0.25, 0.3) is 0 Å². The zero-order chi connectivity index (χ0) is 18.1. The fourth-order valence-electron chi connectivity index (χ4n) is 3.33. The first-order valence-corrected chi connectivity index (χ1v) is 9.24. The molecule has 0 unspecified atom stereocenters. The van der Waals surface area contributed by atoms with Crippen molar-refractivity contribution in [2.24, 2.45) is 11.8 Å². The molecule has 2 amide bonds. The Balaban J connectivity index is 1.42. The molecule has 1 N–H and O–H groups in total. The van der Waals surface area contributed by atoms with E-state index in [0.717, 1.165) is 12.8 Å². The Labute approximate surface area is 156 Å². The number of carbonyl (C=O) groups excluding carboxylic acids is 2. The average Bonchev–Trinajstić information content (AvgIpc) is 3.36. The monoisotopic (exact) mass is 373 g/mol. The van der Waals surface area contributed by atoms with Crippen LogP contribution in [0.2, 0.25) is 5.02 Å². The van der Waals surface area contributed by atoms with Crippen molar-refractivity contribution in [3.8, 4) is 5.69 Å². The molecule has 26 heavy (non-hydrogen) atoms. The van der Waals surface area contributed by atoms with E-state index in [1.807, 2.05) is 4.90 Å². The van der Waals surface area contributed by atoms with Crippen molar-refractivity contribution >= 4 is 29.1 Å². The van der Waals surface area contributed by atoms with Crippen LogP contribution in [0.15, 0.2) is 30.9 Å². The van der Waals surface area contributed by atoms with Crippen molar-refractivity contribution < 1.29 is 9.59 Å². The normalized spacial score (nSPS) is 18.0. The van der Waals surface area contributed by atoms with Crippen LogP contribution in [0.5, 0.6) is 0 Å². The molecule has 1 aliphatic heterocycles. The van der Waals surface area contributed by atoms with Gasteiger partial charge in [0.1, 0.15) is 12.7 Å². The first-order valence-electron chi connectivity index (χ1n) is 8.86. The maximum atomic E-state index is 12.7. The molecule has 2 heterocycles. The summed E-state index contributed by atoms with van der Waals surface area (Å²) < 4.78 is 1.59. The van der Waals surface area contributed by atoms with Crippen LogP contribution in [0.3, 0.4) is 0 Å². The van der Waals surface area contributed by atoms with Crippen LogP contribution < -0.4 is 5.32 Å². The Morgan fingerprint density at radius 3 is 2.54 bits per heavy atom. The standard InChI is InChI=1S/C18H20ClN5O2/c19-14-3-4-16(24-11-20-10-21-24)15(9-14)22-17(25)12-5-7-23(8-6-12)18(26)13-1-2-13/h3-4,9-13H,1-2,5-8H2,(H,22,25). The Kier molecular flexibility index (Phi) is 4.63. The second kappa shape index (κ2) is 7.07. The predicted molar refractivity (Wildman–Crippen MR) is 97.0 cm³/mol. The molecular formula is C18H20ClN5O2. The third-order valence-electron chi connectivity index (χ3n) is 4.99. The first-order chi connectivity index (χ1) is 12.6. The van der Waals surface area contributed by atoms with Gasteiger partial charge in [-0.3, -0.25) is 9.59 Å². The lowest BCUT2D eigenvalue weighted by Gasteiger charge is -2.31. The van der Waals surface area contributed by atoms with Crippen molar-refractivity contribution in [3.05, 3.63) is 35.9 Å². The summed E-state index contributed by atoms with van der Waals surface area (Å²) in [5.74, 6) is 0.331. The van der Waals surface area contributed by atoms with Gasteiger partial charge in [0.2, 0.25) is 11.8 Å². The summed E-state index contributed by atoms with van der Waals surface area (Å²) in [5.41, 5.74) is 1.31. The molecule has 1 saturated carbocycles. The van der Waals surface area contributed by atoms with Crippen LogP contribution >= 0.6 is 11.6 Å². The highest BCUT2D eigenvalue weighted by Crippen LogP contribution is 2.33. The van der Waals surface area contributed by atoms with Crippen LogP contribution in [0, 0.1) is 11.8 Å². The lowest BCUT2D eigenvalue weighted by Crippen LogP contribution is -2.42. The minimum absolute atomic E-state index is 0.0489. The number of hydrogen-bond donors (Lipinski definition) is 1. The number of hydrogen-bond acceptors (Lipinski definition) is 4. The molecule has 1 aromatic heterocycles.